The van der Waals surface area contributed by atoms with Crippen molar-refractivity contribution in [2.75, 3.05) is 6.54 Å². The molecule has 0 spiro atoms. The molecule has 4 heteroatoms. The van der Waals surface area contributed by atoms with Gasteiger partial charge < -0.3 is 5.32 Å². The molecule has 0 amide bonds. The van der Waals surface area contributed by atoms with Crippen LogP contribution >= 0.6 is 11.3 Å². The highest BCUT2D eigenvalue weighted by molar-refractivity contribution is 7.13. The fourth-order valence-electron chi connectivity index (χ4n) is 1.59. The highest BCUT2D eigenvalue weighted by atomic mass is 32.1. The van der Waals surface area contributed by atoms with Crippen LogP contribution < -0.4 is 5.32 Å². The highest BCUT2D eigenvalue weighted by Crippen LogP contribution is 2.21. The van der Waals surface area contributed by atoms with E-state index in [0.29, 0.717) is 0 Å². The van der Waals surface area contributed by atoms with E-state index in [4.69, 9.17) is 0 Å². The first-order chi connectivity index (χ1) is 8.79. The molecule has 2 heterocycles. The van der Waals surface area contributed by atoms with Gasteiger partial charge in [-0.15, -0.1) is 11.3 Å². The Kier molecular flexibility index (Phi) is 4.84. The minimum absolute atomic E-state index is 0.721. The van der Waals surface area contributed by atoms with Crippen molar-refractivity contribution in [2.45, 2.75) is 26.8 Å². The quantitative estimate of drug-likeness (QED) is 0.866. The van der Waals surface area contributed by atoms with E-state index < -0.39 is 0 Å². The van der Waals surface area contributed by atoms with Gasteiger partial charge in [-0.05, 0) is 24.6 Å². The lowest BCUT2D eigenvalue weighted by molar-refractivity contribution is 0.498. The smallest absolute Gasteiger partial charge is 0.142 e. The van der Waals surface area contributed by atoms with E-state index in [1.54, 1.807) is 17.5 Å². The van der Waals surface area contributed by atoms with Gasteiger partial charge >= 0.3 is 0 Å². The maximum atomic E-state index is 4.60. The predicted molar refractivity (Wildman–Crippen MR) is 76.5 cm³/mol. The molecule has 0 radical (unpaired) electrons. The maximum Gasteiger partial charge on any atom is 0.142 e. The number of aromatic nitrogens is 2. The topological polar surface area (TPSA) is 37.8 Å². The number of thiazole rings is 1. The van der Waals surface area contributed by atoms with Crippen molar-refractivity contribution in [3.8, 4) is 10.7 Å². The molecule has 0 saturated heterocycles. The van der Waals surface area contributed by atoms with E-state index in [2.05, 4.69) is 34.5 Å². The second-order valence-electron chi connectivity index (χ2n) is 4.50. The molecule has 3 nitrogen and oxygen atoms in total. The lowest BCUT2D eigenvalue weighted by Gasteiger charge is -2.08. The molecule has 96 valence electrons. The van der Waals surface area contributed by atoms with E-state index in [9.17, 15) is 0 Å². The first-order valence-corrected chi connectivity index (χ1v) is 7.24. The summed E-state index contributed by atoms with van der Waals surface area (Å²) < 4.78 is 0. The Bertz CT molecular complexity index is 467. The minimum Gasteiger partial charge on any atom is -0.311 e. The van der Waals surface area contributed by atoms with Crippen LogP contribution in [0.15, 0.2) is 29.8 Å². The molecule has 2 aromatic rings. The van der Waals surface area contributed by atoms with Crippen LogP contribution in [-0.2, 0) is 6.54 Å². The second kappa shape index (κ2) is 6.61. The predicted octanol–water partition coefficient (Wildman–Crippen LogP) is 3.34. The normalized spacial score (nSPS) is 12.6. The van der Waals surface area contributed by atoms with Crippen molar-refractivity contribution in [1.29, 1.82) is 0 Å². The molecule has 1 N–H and O–H groups in total. The molecule has 2 aromatic heterocycles. The van der Waals surface area contributed by atoms with Gasteiger partial charge in [0.2, 0.25) is 0 Å². The fraction of sp³-hybridized carbons (Fsp3) is 0.429. The molecule has 1 unspecified atom stereocenters. The average Bonchev–Trinajstić information content (AvgIpc) is 2.88. The number of pyridine rings is 1. The van der Waals surface area contributed by atoms with Gasteiger partial charge in [0.05, 0.1) is 11.4 Å². The van der Waals surface area contributed by atoms with Gasteiger partial charge in [0.15, 0.2) is 0 Å². The van der Waals surface area contributed by atoms with E-state index >= 15 is 0 Å². The summed E-state index contributed by atoms with van der Waals surface area (Å²) in [5, 5.41) is 6.54. The molecular formula is C14H19N3S. The third-order valence-corrected chi connectivity index (χ3v) is 3.85. The van der Waals surface area contributed by atoms with Gasteiger partial charge in [-0.25, -0.2) is 4.98 Å². The monoisotopic (exact) mass is 261 g/mol. The Hall–Kier alpha value is -1.26. The van der Waals surface area contributed by atoms with Crippen LogP contribution in [0.5, 0.6) is 0 Å². The van der Waals surface area contributed by atoms with Gasteiger partial charge in [-0.1, -0.05) is 26.3 Å². The van der Waals surface area contributed by atoms with Gasteiger partial charge in [0, 0.05) is 18.1 Å². The summed E-state index contributed by atoms with van der Waals surface area (Å²) in [6.07, 6.45) is 3.01. The van der Waals surface area contributed by atoms with Crippen LogP contribution in [0.2, 0.25) is 0 Å². The summed E-state index contributed by atoms with van der Waals surface area (Å²) >= 11 is 1.65. The molecular weight excluding hydrogens is 242 g/mol. The summed E-state index contributed by atoms with van der Waals surface area (Å²) in [5.74, 6) is 0.721. The van der Waals surface area contributed by atoms with Crippen molar-refractivity contribution < 1.29 is 0 Å². The van der Waals surface area contributed by atoms with Crippen LogP contribution in [0.4, 0.5) is 0 Å². The number of rotatable bonds is 6. The van der Waals surface area contributed by atoms with Crippen LogP contribution in [0.25, 0.3) is 10.7 Å². The zero-order chi connectivity index (χ0) is 12.8. The lowest BCUT2D eigenvalue weighted by atomic mass is 10.1. The van der Waals surface area contributed by atoms with E-state index in [1.807, 2.05) is 18.2 Å². The summed E-state index contributed by atoms with van der Waals surface area (Å²) in [4.78, 5) is 8.91. The number of nitrogens with one attached hydrogen (secondary N) is 1. The molecule has 0 fully saturated rings. The zero-order valence-corrected chi connectivity index (χ0v) is 11.7. The molecule has 0 aliphatic rings. The van der Waals surface area contributed by atoms with Crippen molar-refractivity contribution in [2.24, 2.45) is 5.92 Å². The first-order valence-electron chi connectivity index (χ1n) is 6.36. The molecule has 18 heavy (non-hydrogen) atoms. The van der Waals surface area contributed by atoms with Crippen LogP contribution in [-0.4, -0.2) is 16.5 Å². The SMILES string of the molecule is CCC(C)CNCc1csc(-c2ccccn2)n1. The fourth-order valence-corrected chi connectivity index (χ4v) is 2.38. The molecule has 0 aliphatic heterocycles. The van der Waals surface area contributed by atoms with Gasteiger partial charge in [-0.3, -0.25) is 4.98 Å². The Morgan fingerprint density at radius 2 is 2.28 bits per heavy atom. The lowest BCUT2D eigenvalue weighted by Crippen LogP contribution is -2.20. The minimum atomic E-state index is 0.721. The Morgan fingerprint density at radius 3 is 3.00 bits per heavy atom. The zero-order valence-electron chi connectivity index (χ0n) is 10.9. The highest BCUT2D eigenvalue weighted by Gasteiger charge is 2.05. The first kappa shape index (κ1) is 13.2. The molecule has 0 saturated carbocycles. The molecule has 1 atom stereocenters. The number of nitrogens with zero attached hydrogens (tertiary/aromatic N) is 2. The molecule has 0 bridgehead atoms. The van der Waals surface area contributed by atoms with E-state index in [1.165, 1.54) is 6.42 Å². The molecule has 0 aliphatic carbocycles. The van der Waals surface area contributed by atoms with Gasteiger partial charge in [0.1, 0.15) is 5.01 Å². The van der Waals surface area contributed by atoms with Crippen molar-refractivity contribution in [1.82, 2.24) is 15.3 Å². The van der Waals surface area contributed by atoms with Crippen molar-refractivity contribution >= 4 is 11.3 Å². The van der Waals surface area contributed by atoms with Crippen molar-refractivity contribution in [3.63, 3.8) is 0 Å². The molecule has 0 aromatic carbocycles. The van der Waals surface area contributed by atoms with Crippen LogP contribution in [0, 0.1) is 5.92 Å². The Labute approximate surface area is 112 Å². The van der Waals surface area contributed by atoms with E-state index in [-0.39, 0.29) is 0 Å². The maximum absolute atomic E-state index is 4.60. The summed E-state index contributed by atoms with van der Waals surface area (Å²) in [7, 11) is 0. The third kappa shape index (κ3) is 3.62. The Morgan fingerprint density at radius 1 is 1.39 bits per heavy atom. The second-order valence-corrected chi connectivity index (χ2v) is 5.36. The molecule has 2 rings (SSSR count). The van der Waals surface area contributed by atoms with Gasteiger partial charge in [-0.2, -0.15) is 0 Å². The summed E-state index contributed by atoms with van der Waals surface area (Å²) in [5.41, 5.74) is 2.06. The standard InChI is InChI=1S/C14H19N3S/c1-3-11(2)8-15-9-12-10-18-14(17-12)13-6-4-5-7-16-13/h4-7,10-11,15H,3,8-9H2,1-2H3. The summed E-state index contributed by atoms with van der Waals surface area (Å²) in [6, 6.07) is 5.91. The van der Waals surface area contributed by atoms with E-state index in [0.717, 1.165) is 35.4 Å². The third-order valence-electron chi connectivity index (χ3n) is 2.93. The Balaban J connectivity index is 1.91. The number of hydrogen-bond donors (Lipinski definition) is 1. The van der Waals surface area contributed by atoms with Crippen LogP contribution in [0.1, 0.15) is 26.0 Å². The summed E-state index contributed by atoms with van der Waals surface area (Å²) in [6.45, 7) is 6.36. The number of hydrogen-bond acceptors (Lipinski definition) is 4. The largest absolute Gasteiger partial charge is 0.311 e. The average molecular weight is 261 g/mol. The van der Waals surface area contributed by atoms with Crippen molar-refractivity contribution in [3.05, 3.63) is 35.5 Å². The van der Waals surface area contributed by atoms with Gasteiger partial charge in [0.25, 0.3) is 0 Å². The van der Waals surface area contributed by atoms with Crippen LogP contribution in [0.3, 0.4) is 0 Å².